The summed E-state index contributed by atoms with van der Waals surface area (Å²) in [5.41, 5.74) is 1.40. The van der Waals surface area contributed by atoms with E-state index in [1.165, 1.54) is 11.3 Å². The van der Waals surface area contributed by atoms with Crippen molar-refractivity contribution in [1.29, 1.82) is 0 Å². The largest absolute Gasteiger partial charge is 0.466 e. The van der Waals surface area contributed by atoms with Gasteiger partial charge in [-0.1, -0.05) is 18.2 Å². The highest BCUT2D eigenvalue weighted by atomic mass is 32.1. The number of nitrogens with one attached hydrogen (secondary N) is 1. The molecule has 0 unspecified atom stereocenters. The Morgan fingerprint density at radius 2 is 2.03 bits per heavy atom. The molecule has 0 amide bonds. The van der Waals surface area contributed by atoms with Gasteiger partial charge in [0, 0.05) is 6.54 Å². The zero-order chi connectivity index (χ0) is 20.2. The van der Waals surface area contributed by atoms with Crippen LogP contribution < -0.4 is 11.4 Å². The number of benzene rings is 1. The lowest BCUT2D eigenvalue weighted by molar-refractivity contribution is -0.144. The van der Waals surface area contributed by atoms with Gasteiger partial charge in [0.15, 0.2) is 0 Å². The molecule has 0 spiro atoms. The molecule has 0 saturated heterocycles. The van der Waals surface area contributed by atoms with Crippen LogP contribution in [0.4, 0.5) is 0 Å². The predicted octanol–water partition coefficient (Wildman–Crippen LogP) is 2.23. The molecule has 1 N–H and O–H groups in total. The summed E-state index contributed by atoms with van der Waals surface area (Å²) in [6, 6.07) is 11.0. The maximum atomic E-state index is 12.0. The minimum absolute atomic E-state index is 0.00333. The molecule has 150 valence electrons. The number of fused-ring (bicyclic) bond motifs is 1. The number of carbonyl (C=O) groups is 1. The van der Waals surface area contributed by atoms with Gasteiger partial charge in [-0.3, -0.25) is 9.36 Å². The zero-order valence-corrected chi connectivity index (χ0v) is 16.2. The first kappa shape index (κ1) is 18.9. The van der Waals surface area contributed by atoms with Crippen molar-refractivity contribution in [3.05, 3.63) is 62.8 Å². The van der Waals surface area contributed by atoms with Crippen LogP contribution in [-0.2, 0) is 22.6 Å². The Morgan fingerprint density at radius 1 is 1.17 bits per heavy atom. The first-order valence-electron chi connectivity index (χ1n) is 9.07. The molecule has 4 rings (SSSR count). The summed E-state index contributed by atoms with van der Waals surface area (Å²) in [5.74, 6) is -0.814. The van der Waals surface area contributed by atoms with Crippen LogP contribution in [0.15, 0.2) is 55.8 Å². The second-order valence-electron chi connectivity index (χ2n) is 6.30. The van der Waals surface area contributed by atoms with Crippen molar-refractivity contribution in [2.75, 3.05) is 6.61 Å². The molecule has 29 heavy (non-hydrogen) atoms. The Labute approximate surface area is 168 Å². The van der Waals surface area contributed by atoms with Gasteiger partial charge in [0.2, 0.25) is 0 Å². The van der Waals surface area contributed by atoms with E-state index < -0.39 is 11.7 Å². The van der Waals surface area contributed by atoms with Gasteiger partial charge in [-0.15, -0.1) is 16.4 Å². The van der Waals surface area contributed by atoms with Crippen LogP contribution in [0.1, 0.15) is 12.8 Å². The molecule has 9 nitrogen and oxygen atoms in total. The summed E-state index contributed by atoms with van der Waals surface area (Å²) in [6.07, 6.45) is 0.503. The number of aryl methyl sites for hydroxylation is 2. The van der Waals surface area contributed by atoms with Crippen molar-refractivity contribution in [3.63, 3.8) is 0 Å². The summed E-state index contributed by atoms with van der Waals surface area (Å²) >= 11 is 1.41. The van der Waals surface area contributed by atoms with Crippen LogP contribution in [0.5, 0.6) is 0 Å². The minimum atomic E-state index is -0.611. The van der Waals surface area contributed by atoms with Crippen molar-refractivity contribution in [2.24, 2.45) is 0 Å². The molecule has 0 fully saturated rings. The predicted molar refractivity (Wildman–Crippen MR) is 107 cm³/mol. The molecule has 1 aromatic carbocycles. The monoisotopic (exact) mass is 414 g/mol. The first-order valence-corrected chi connectivity index (χ1v) is 9.95. The van der Waals surface area contributed by atoms with E-state index in [2.05, 4.69) is 10.1 Å². The fourth-order valence-corrected chi connectivity index (χ4v) is 3.60. The second kappa shape index (κ2) is 8.31. The molecule has 3 aromatic heterocycles. The third-order valence-corrected chi connectivity index (χ3v) is 5.19. The number of carbonyl (C=O) groups excluding carboxylic acids is 1. The molecule has 3 heterocycles. The Bertz CT molecular complexity index is 1230. The molecule has 10 heteroatoms. The van der Waals surface area contributed by atoms with E-state index in [0.717, 1.165) is 20.6 Å². The summed E-state index contributed by atoms with van der Waals surface area (Å²) in [5, 5.41) is 5.95. The van der Waals surface area contributed by atoms with E-state index in [4.69, 9.17) is 9.15 Å². The summed E-state index contributed by atoms with van der Waals surface area (Å²) in [4.78, 5) is 39.3. The van der Waals surface area contributed by atoms with Crippen molar-refractivity contribution >= 4 is 28.3 Å². The highest BCUT2D eigenvalue weighted by Gasteiger charge is 2.13. The highest BCUT2D eigenvalue weighted by molar-refractivity contribution is 7.13. The van der Waals surface area contributed by atoms with Crippen LogP contribution >= 0.6 is 11.3 Å². The minimum Gasteiger partial charge on any atom is -0.466 e. The lowest BCUT2D eigenvalue weighted by atomic mass is 10.3. The van der Waals surface area contributed by atoms with E-state index in [0.29, 0.717) is 13.0 Å². The van der Waals surface area contributed by atoms with Crippen molar-refractivity contribution < 1.29 is 13.9 Å². The van der Waals surface area contributed by atoms with E-state index in [-0.39, 0.29) is 31.2 Å². The zero-order valence-electron chi connectivity index (χ0n) is 15.4. The number of para-hydroxylation sites is 2. The molecule has 0 bridgehead atoms. The number of hydrogen-bond donors (Lipinski definition) is 1. The normalized spacial score (nSPS) is 11.2. The SMILES string of the molecule is O=C(CCn1nc(-c2cccs2)oc1=O)OCCCn1c(=O)[nH]c2ccccc21. The van der Waals surface area contributed by atoms with Crippen molar-refractivity contribution in [2.45, 2.75) is 25.9 Å². The molecule has 4 aromatic rings. The van der Waals surface area contributed by atoms with Crippen LogP contribution in [0.3, 0.4) is 0 Å². The topological polar surface area (TPSA) is 112 Å². The quantitative estimate of drug-likeness (QED) is 0.350. The smallest absolute Gasteiger partial charge is 0.437 e. The van der Waals surface area contributed by atoms with Gasteiger partial charge in [0.1, 0.15) is 0 Å². The Balaban J connectivity index is 1.25. The Kier molecular flexibility index (Phi) is 5.43. The fourth-order valence-electron chi connectivity index (χ4n) is 2.95. The summed E-state index contributed by atoms with van der Waals surface area (Å²) < 4.78 is 13.0. The van der Waals surface area contributed by atoms with Crippen LogP contribution in [0.2, 0.25) is 0 Å². The fraction of sp³-hybridized carbons (Fsp3) is 0.263. The van der Waals surface area contributed by atoms with Crippen molar-refractivity contribution in [1.82, 2.24) is 19.3 Å². The summed E-state index contributed by atoms with van der Waals surface area (Å²) in [7, 11) is 0. The number of aromatic nitrogens is 4. The summed E-state index contributed by atoms with van der Waals surface area (Å²) in [6.45, 7) is 0.691. The number of imidazole rings is 1. The van der Waals surface area contributed by atoms with Gasteiger partial charge in [0.05, 0.1) is 35.5 Å². The number of rotatable bonds is 8. The van der Waals surface area contributed by atoms with Gasteiger partial charge in [-0.25, -0.2) is 9.59 Å². The molecule has 0 saturated carbocycles. The van der Waals surface area contributed by atoms with Gasteiger partial charge in [-0.05, 0) is 30.0 Å². The average molecular weight is 414 g/mol. The molecule has 0 aliphatic heterocycles. The molecule has 0 atom stereocenters. The number of thiophene rings is 1. The van der Waals surface area contributed by atoms with Crippen LogP contribution in [0.25, 0.3) is 21.8 Å². The molecule has 0 radical (unpaired) electrons. The second-order valence-corrected chi connectivity index (χ2v) is 7.24. The Hall–Kier alpha value is -3.40. The first-order chi connectivity index (χ1) is 14.1. The number of esters is 1. The number of hydrogen-bond acceptors (Lipinski definition) is 7. The number of nitrogens with zero attached hydrogens (tertiary/aromatic N) is 3. The van der Waals surface area contributed by atoms with Crippen LogP contribution in [0, 0.1) is 0 Å². The third-order valence-electron chi connectivity index (χ3n) is 4.34. The number of aromatic amines is 1. The van der Waals surface area contributed by atoms with E-state index >= 15 is 0 Å². The number of ether oxygens (including phenoxy) is 1. The van der Waals surface area contributed by atoms with Gasteiger partial charge < -0.3 is 14.1 Å². The average Bonchev–Trinajstić information content (AvgIpc) is 3.43. The number of H-pyrrole nitrogens is 1. The van der Waals surface area contributed by atoms with Crippen LogP contribution in [-0.4, -0.2) is 31.9 Å². The lowest BCUT2D eigenvalue weighted by Crippen LogP contribution is -2.20. The highest BCUT2D eigenvalue weighted by Crippen LogP contribution is 2.21. The lowest BCUT2D eigenvalue weighted by Gasteiger charge is -2.05. The van der Waals surface area contributed by atoms with Gasteiger partial charge in [0.25, 0.3) is 5.89 Å². The molecular formula is C19H18N4O5S. The third kappa shape index (κ3) is 4.21. The van der Waals surface area contributed by atoms with E-state index in [1.807, 2.05) is 35.7 Å². The van der Waals surface area contributed by atoms with E-state index in [9.17, 15) is 14.4 Å². The van der Waals surface area contributed by atoms with Crippen molar-refractivity contribution in [3.8, 4) is 10.8 Å². The Morgan fingerprint density at radius 3 is 2.86 bits per heavy atom. The molecule has 0 aliphatic carbocycles. The maximum absolute atomic E-state index is 12.0. The standard InChI is InChI=1S/C19H18N4O5S/c24-16(8-10-23-19(26)28-17(21-23)15-7-3-12-29-15)27-11-4-9-22-14-6-2-1-5-13(14)20-18(22)25/h1-3,5-7,12H,4,8-11H2,(H,20,25). The molecular weight excluding hydrogens is 396 g/mol. The maximum Gasteiger partial charge on any atom is 0.437 e. The van der Waals surface area contributed by atoms with E-state index in [1.54, 1.807) is 10.6 Å². The van der Waals surface area contributed by atoms with Gasteiger partial charge >= 0.3 is 17.4 Å². The molecule has 0 aliphatic rings. The van der Waals surface area contributed by atoms with Gasteiger partial charge in [-0.2, -0.15) is 4.68 Å².